The molecule has 0 amide bonds. The molecule has 0 bridgehead atoms. The van der Waals surface area contributed by atoms with Crippen molar-refractivity contribution >= 4 is 54.9 Å². The van der Waals surface area contributed by atoms with Crippen LogP contribution in [0.25, 0.3) is 32.3 Å². The second-order valence-corrected chi connectivity index (χ2v) is 12.4. The normalized spacial score (nSPS) is 11.6. The Kier molecular flexibility index (Phi) is 9.68. The number of rotatable bonds is 8. The Balaban J connectivity index is 0.000000682. The second kappa shape index (κ2) is 13.6. The summed E-state index contributed by atoms with van der Waals surface area (Å²) in [7, 11) is 0. The van der Waals surface area contributed by atoms with Crippen molar-refractivity contribution in [2.24, 2.45) is 0 Å². The van der Waals surface area contributed by atoms with Gasteiger partial charge in [-0.3, -0.25) is 0 Å². The lowest BCUT2D eigenvalue weighted by molar-refractivity contribution is -0.368. The molecule has 0 saturated heterocycles. The molecule has 0 aliphatic carbocycles. The van der Waals surface area contributed by atoms with Gasteiger partial charge in [-0.2, -0.15) is 22.7 Å². The predicted molar refractivity (Wildman–Crippen MR) is 193 cm³/mol. The van der Waals surface area contributed by atoms with Gasteiger partial charge in [0, 0.05) is 0 Å². The van der Waals surface area contributed by atoms with Crippen molar-refractivity contribution in [3.05, 3.63) is 126 Å². The van der Waals surface area contributed by atoms with E-state index in [1.165, 1.54) is 91.1 Å². The fraction of sp³-hybridized carbons (Fsp3) is 0.268. The van der Waals surface area contributed by atoms with E-state index in [0.29, 0.717) is 0 Å². The Bertz CT molecular complexity index is 1640. The van der Waals surface area contributed by atoms with Crippen LogP contribution in [0.15, 0.2) is 109 Å². The summed E-state index contributed by atoms with van der Waals surface area (Å²) in [5.41, 5.74) is 12.1. The zero-order valence-corrected chi connectivity index (χ0v) is 26.9. The van der Waals surface area contributed by atoms with Gasteiger partial charge in [-0.15, -0.1) is 0 Å². The van der Waals surface area contributed by atoms with Crippen LogP contribution in [0.2, 0.25) is 6.32 Å². The maximum atomic E-state index is 3.68. The summed E-state index contributed by atoms with van der Waals surface area (Å²) in [5, 5.41) is 8.25. The minimum Gasteiger partial charge on any atom is -0.358 e. The van der Waals surface area contributed by atoms with E-state index in [1.807, 2.05) is 0 Å². The van der Waals surface area contributed by atoms with Crippen molar-refractivity contribution < 1.29 is 5.73 Å². The Labute approximate surface area is 259 Å². The highest BCUT2D eigenvalue weighted by atomic mass is 14.5. The predicted octanol–water partition coefficient (Wildman–Crippen LogP) is 8.37. The summed E-state index contributed by atoms with van der Waals surface area (Å²) in [4.78, 5) is 0. The third-order valence-corrected chi connectivity index (χ3v) is 9.71. The van der Waals surface area contributed by atoms with Gasteiger partial charge in [0.1, 0.15) is 0 Å². The van der Waals surface area contributed by atoms with E-state index in [0.717, 1.165) is 12.9 Å². The number of unbranched alkanes of at least 4 members (excludes halogenated alkanes) is 2. The Morgan fingerprint density at radius 3 is 1.05 bits per heavy atom. The van der Waals surface area contributed by atoms with Gasteiger partial charge in [-0.25, -0.2) is 0 Å². The highest BCUT2D eigenvalue weighted by Crippen LogP contribution is 2.29. The van der Waals surface area contributed by atoms with Crippen LogP contribution in [-0.4, -0.2) is 12.7 Å². The quantitative estimate of drug-likeness (QED) is 0.180. The van der Waals surface area contributed by atoms with Crippen molar-refractivity contribution in [2.45, 2.75) is 66.6 Å². The zero-order valence-electron chi connectivity index (χ0n) is 26.9. The average molecular weight is 566 g/mol. The van der Waals surface area contributed by atoms with Gasteiger partial charge in [-0.1, -0.05) is 158 Å². The molecule has 0 unspecified atom stereocenters. The summed E-state index contributed by atoms with van der Waals surface area (Å²) in [6, 6.07) is 41.6. The fourth-order valence-electron chi connectivity index (χ4n) is 7.44. The molecule has 6 rings (SSSR count). The summed E-state index contributed by atoms with van der Waals surface area (Å²) in [5.74, 6) is 0. The number of benzene rings is 6. The van der Waals surface area contributed by atoms with Gasteiger partial charge >= 0.3 is 0 Å². The van der Waals surface area contributed by atoms with Gasteiger partial charge in [0.25, 0.3) is 0 Å². The first kappa shape index (κ1) is 30.6. The van der Waals surface area contributed by atoms with Gasteiger partial charge in [0.2, 0.25) is 0 Å². The first-order chi connectivity index (χ1) is 21.0. The average Bonchev–Trinajstić information content (AvgIpc) is 3.04. The first-order valence-electron chi connectivity index (χ1n) is 16.4. The highest BCUT2D eigenvalue weighted by molar-refractivity contribution is 7.14. The molecule has 43 heavy (non-hydrogen) atoms. The lowest BCUT2D eigenvalue weighted by Gasteiger charge is -2.46. The van der Waals surface area contributed by atoms with Gasteiger partial charge in [-0.05, 0) is 60.0 Å². The summed E-state index contributed by atoms with van der Waals surface area (Å²) >= 11 is 0. The number of quaternary nitrogens is 1. The molecule has 0 atom stereocenters. The molecule has 0 aliphatic rings. The van der Waals surface area contributed by atoms with Crippen LogP contribution < -0.4 is 22.1 Å². The molecule has 0 fully saturated rings. The Morgan fingerprint density at radius 1 is 0.442 bits per heavy atom. The minimum absolute atomic E-state index is 1.09. The van der Waals surface area contributed by atoms with Crippen molar-refractivity contribution in [3.8, 4) is 0 Å². The van der Waals surface area contributed by atoms with E-state index in [1.54, 1.807) is 0 Å². The van der Waals surface area contributed by atoms with E-state index in [9.17, 15) is 0 Å². The summed E-state index contributed by atoms with van der Waals surface area (Å²) in [6.45, 7) is 12.3. The molecule has 0 spiro atoms. The third kappa shape index (κ3) is 5.74. The molecule has 0 aromatic heterocycles. The van der Waals surface area contributed by atoms with E-state index < -0.39 is 6.15 Å². The lowest BCUT2D eigenvalue weighted by atomic mass is 9.13. The summed E-state index contributed by atoms with van der Waals surface area (Å²) < 4.78 is 0. The molecule has 1 nitrogen and oxygen atoms in total. The molecule has 6 aromatic rings. The summed E-state index contributed by atoms with van der Waals surface area (Å²) in [6.07, 6.45) is 4.72. The molecule has 0 saturated carbocycles. The molecule has 3 N–H and O–H groups in total. The molecule has 0 aliphatic heterocycles. The molecule has 6 aromatic carbocycles. The van der Waals surface area contributed by atoms with Crippen molar-refractivity contribution in [3.63, 3.8) is 0 Å². The Hall–Kier alpha value is -3.88. The van der Waals surface area contributed by atoms with Crippen LogP contribution in [0.3, 0.4) is 0 Å². The Morgan fingerprint density at radius 2 is 0.767 bits per heavy atom. The van der Waals surface area contributed by atoms with Crippen molar-refractivity contribution in [1.29, 1.82) is 0 Å². The van der Waals surface area contributed by atoms with Crippen LogP contribution in [0.4, 0.5) is 0 Å². The number of hydrogen-bond acceptors (Lipinski definition) is 0. The van der Waals surface area contributed by atoms with Crippen LogP contribution in [-0.2, 0) is 0 Å². The SMILES string of the molecule is CCCC[B-](c1ccc(C)c2ccccc12)(c1ccc(C)c2ccccc12)c1ccc(C)c2ccccc12.CCCC[NH3+]. The maximum Gasteiger partial charge on any atom is 0.0837 e. The molecular formula is C41H48BN. The second-order valence-electron chi connectivity index (χ2n) is 12.4. The van der Waals surface area contributed by atoms with E-state index >= 15 is 0 Å². The van der Waals surface area contributed by atoms with E-state index in [2.05, 4.69) is 150 Å². The van der Waals surface area contributed by atoms with Crippen LogP contribution >= 0.6 is 0 Å². The number of fused-ring (bicyclic) bond motifs is 3. The molecule has 0 radical (unpaired) electrons. The molecular weight excluding hydrogens is 517 g/mol. The number of hydrogen-bond donors (Lipinski definition) is 1. The molecule has 2 heteroatoms. The van der Waals surface area contributed by atoms with Crippen molar-refractivity contribution in [1.82, 2.24) is 0 Å². The maximum absolute atomic E-state index is 3.68. The smallest absolute Gasteiger partial charge is 0.0837 e. The van der Waals surface area contributed by atoms with Crippen molar-refractivity contribution in [2.75, 3.05) is 6.54 Å². The number of aryl methyl sites for hydroxylation is 3. The van der Waals surface area contributed by atoms with E-state index in [-0.39, 0.29) is 0 Å². The minimum atomic E-state index is -1.29. The third-order valence-electron chi connectivity index (χ3n) is 9.71. The highest BCUT2D eigenvalue weighted by Gasteiger charge is 2.33. The molecule has 220 valence electrons. The first-order valence-corrected chi connectivity index (χ1v) is 16.4. The molecule has 0 heterocycles. The van der Waals surface area contributed by atoms with E-state index in [4.69, 9.17) is 0 Å². The zero-order chi connectivity index (χ0) is 30.4. The standard InChI is InChI=1S/C37H36B.C4H11N/c1-5-6-25-38(35-22-19-26(2)29-13-7-10-16-32(29)35,36-23-20-27(3)30-14-8-11-17-33(30)36)37-24-21-28(4)31-15-9-12-18-34(31)37;1-2-3-4-5/h7-24H,5-6,25H2,1-4H3;2-5H2,1H3/q-1;/p+1. The van der Waals surface area contributed by atoms with Crippen LogP contribution in [0, 0.1) is 20.8 Å². The van der Waals surface area contributed by atoms with Crippen LogP contribution in [0.1, 0.15) is 56.2 Å². The topological polar surface area (TPSA) is 27.6 Å². The van der Waals surface area contributed by atoms with Gasteiger partial charge in [0.05, 0.1) is 12.7 Å². The monoisotopic (exact) mass is 565 g/mol. The lowest BCUT2D eigenvalue weighted by Crippen LogP contribution is -2.67. The van der Waals surface area contributed by atoms with Crippen LogP contribution in [0.5, 0.6) is 0 Å². The largest absolute Gasteiger partial charge is 0.358 e. The van der Waals surface area contributed by atoms with Gasteiger partial charge in [0.15, 0.2) is 0 Å². The fourth-order valence-corrected chi connectivity index (χ4v) is 7.44. The van der Waals surface area contributed by atoms with Gasteiger partial charge < -0.3 is 5.73 Å².